The van der Waals surface area contributed by atoms with Crippen LogP contribution in [0.15, 0.2) is 140 Å². The van der Waals surface area contributed by atoms with Crippen LogP contribution in [0.2, 0.25) is 0 Å². The number of aromatic nitrogens is 1. The van der Waals surface area contributed by atoms with Gasteiger partial charge in [-0.2, -0.15) is 132 Å². The van der Waals surface area contributed by atoms with Crippen molar-refractivity contribution in [3.05, 3.63) is 195 Å². The summed E-state index contributed by atoms with van der Waals surface area (Å²) in [5, 5.41) is 1.30. The first-order valence-corrected chi connectivity index (χ1v) is 23.5. The molecule has 1 nitrogen and oxygen atoms in total. The van der Waals surface area contributed by atoms with Crippen LogP contribution in [0, 0.1) is 0 Å². The minimum atomic E-state index is -6.13. The highest BCUT2D eigenvalue weighted by Gasteiger charge is 2.47. The van der Waals surface area contributed by atoms with Crippen LogP contribution in [0.4, 0.5) is 105 Å². The Balaban J connectivity index is 0.000000329. The largest absolute Gasteiger partial charge is 0.416 e. The van der Waals surface area contributed by atoms with Crippen molar-refractivity contribution in [2.45, 2.75) is 94.0 Å². The van der Waals surface area contributed by atoms with Crippen LogP contribution >= 0.6 is 0 Å². The molecule has 1 aliphatic carbocycles. The summed E-state index contributed by atoms with van der Waals surface area (Å²) in [7, 11) is 0. The SMILES string of the molecule is FC(F)(F)c1cc([B-](c2cc(C(F)(F)F)cc(C(F)(F)F)c2)(c2cc(C(F)(F)F)cc(C(F)(F)F)c2)c2cc(C(F)(F)F)cc(C(F)(F)F)c2)cc(C(F)(F)F)c1.c1ccc2c(c1)ccc[n+]2Cc1ccc(C2CCCCC2)cc1. The maximum Gasteiger partial charge on any atom is 0.416 e. The number of nitrogens with zero attached hydrogens (tertiary/aromatic N) is 1. The Labute approximate surface area is 437 Å². The molecule has 0 amide bonds. The Morgan fingerprint density at radius 1 is 0.338 bits per heavy atom. The van der Waals surface area contributed by atoms with Crippen LogP contribution in [0.1, 0.15) is 93.7 Å². The molecule has 0 radical (unpaired) electrons. The van der Waals surface area contributed by atoms with E-state index in [1.165, 1.54) is 54.1 Å². The molecule has 7 aromatic rings. The molecule has 1 fully saturated rings. The normalized spacial score (nSPS) is 14.8. The van der Waals surface area contributed by atoms with Gasteiger partial charge in [0.25, 0.3) is 0 Å². The molecule has 1 heterocycles. The van der Waals surface area contributed by atoms with E-state index in [9.17, 15) is 105 Å². The smallest absolute Gasteiger partial charge is 0.194 e. The molecular formula is C54H36BF24N. The molecule has 0 unspecified atom stereocenters. The molecule has 0 atom stereocenters. The fourth-order valence-corrected chi connectivity index (χ4v) is 9.96. The number of benzene rings is 6. The molecule has 8 rings (SSSR count). The third-order valence-corrected chi connectivity index (χ3v) is 13.6. The van der Waals surface area contributed by atoms with E-state index in [4.69, 9.17) is 0 Å². The monoisotopic (exact) mass is 1170 g/mol. The van der Waals surface area contributed by atoms with Gasteiger partial charge in [0.1, 0.15) is 6.15 Å². The zero-order chi connectivity index (χ0) is 59.4. The van der Waals surface area contributed by atoms with Crippen LogP contribution < -0.4 is 26.4 Å². The van der Waals surface area contributed by atoms with Crippen molar-refractivity contribution in [2.75, 3.05) is 0 Å². The van der Waals surface area contributed by atoms with Crippen molar-refractivity contribution in [1.29, 1.82) is 0 Å². The van der Waals surface area contributed by atoms with Gasteiger partial charge in [-0.3, -0.25) is 0 Å². The van der Waals surface area contributed by atoms with Gasteiger partial charge in [0.05, 0.1) is 44.5 Å². The first kappa shape index (κ1) is 60.7. The second kappa shape index (κ2) is 21.5. The molecule has 0 saturated heterocycles. The van der Waals surface area contributed by atoms with Crippen molar-refractivity contribution in [3.63, 3.8) is 0 Å². The fourth-order valence-electron chi connectivity index (χ4n) is 9.96. The number of rotatable bonds is 7. The zero-order valence-corrected chi connectivity index (χ0v) is 40.2. The molecule has 1 aliphatic rings. The molecule has 0 bridgehead atoms. The second-order valence-corrected chi connectivity index (χ2v) is 19.0. The number of hydrogen-bond acceptors (Lipinski definition) is 0. The van der Waals surface area contributed by atoms with E-state index in [2.05, 4.69) is 71.4 Å². The molecular weight excluding hydrogens is 1130 g/mol. The van der Waals surface area contributed by atoms with Crippen LogP contribution in [-0.4, -0.2) is 6.15 Å². The molecule has 26 heteroatoms. The fraction of sp³-hybridized carbons (Fsp3) is 0.278. The third-order valence-electron chi connectivity index (χ3n) is 13.6. The Hall–Kier alpha value is -6.89. The quantitative estimate of drug-likeness (QED) is 0.0851. The van der Waals surface area contributed by atoms with E-state index in [0.717, 1.165) is 12.5 Å². The summed E-state index contributed by atoms with van der Waals surface area (Å²) < 4.78 is 343. The molecule has 0 aliphatic heterocycles. The van der Waals surface area contributed by atoms with Gasteiger partial charge in [0, 0.05) is 23.1 Å². The predicted octanol–water partition coefficient (Wildman–Crippen LogP) is 16.4. The van der Waals surface area contributed by atoms with Gasteiger partial charge in [-0.15, -0.1) is 0 Å². The first-order valence-electron chi connectivity index (χ1n) is 23.5. The molecule has 80 heavy (non-hydrogen) atoms. The van der Waals surface area contributed by atoms with E-state index in [1.807, 2.05) is 0 Å². The standard InChI is InChI=1S/C32H12BF24.C22H24N/c34-25(35,36)13-1-14(26(37,38)39)6-21(5-13)33(22-7-15(27(40,41)42)2-16(8-22)28(43,44)45,23-9-17(29(46,47)48)3-18(10-23)30(49,50)51)24-11-19(31(52,53)54)4-20(12-24)32(55,56)57;1-2-7-19(8-3-1)20-14-12-18(13-15-20)17-23-16-6-10-21-9-4-5-11-22(21)23/h1-12H;4-6,9-16,19H,1-3,7-8,17H2/q-1;+1. The zero-order valence-electron chi connectivity index (χ0n) is 40.2. The molecule has 0 N–H and O–H groups in total. The highest BCUT2D eigenvalue weighted by molar-refractivity contribution is 7.20. The lowest BCUT2D eigenvalue weighted by molar-refractivity contribution is -0.662. The summed E-state index contributed by atoms with van der Waals surface area (Å²) >= 11 is 0. The summed E-state index contributed by atoms with van der Waals surface area (Å²) in [6.45, 7) is 0.937. The van der Waals surface area contributed by atoms with Gasteiger partial charge in [-0.05, 0) is 60.7 Å². The predicted molar refractivity (Wildman–Crippen MR) is 246 cm³/mol. The van der Waals surface area contributed by atoms with Crippen LogP contribution in [0.3, 0.4) is 0 Å². The van der Waals surface area contributed by atoms with E-state index < -0.39 is 195 Å². The van der Waals surface area contributed by atoms with Crippen molar-refractivity contribution in [2.24, 2.45) is 0 Å². The maximum absolute atomic E-state index is 14.2. The van der Waals surface area contributed by atoms with Gasteiger partial charge < -0.3 is 0 Å². The molecule has 1 aromatic heterocycles. The van der Waals surface area contributed by atoms with E-state index in [1.54, 1.807) is 0 Å². The highest BCUT2D eigenvalue weighted by Crippen LogP contribution is 2.42. The number of hydrogen-bond donors (Lipinski definition) is 0. The second-order valence-electron chi connectivity index (χ2n) is 19.0. The lowest BCUT2D eigenvalue weighted by Gasteiger charge is -2.46. The average Bonchev–Trinajstić information content (AvgIpc) is 3.36. The van der Waals surface area contributed by atoms with Gasteiger partial charge in [-0.25, -0.2) is 0 Å². The minimum Gasteiger partial charge on any atom is -0.194 e. The van der Waals surface area contributed by atoms with Crippen molar-refractivity contribution in [3.8, 4) is 0 Å². The van der Waals surface area contributed by atoms with Gasteiger partial charge >= 0.3 is 49.4 Å². The summed E-state index contributed by atoms with van der Waals surface area (Å²) in [5.41, 5.74) is -26.0. The lowest BCUT2D eigenvalue weighted by Crippen LogP contribution is -2.75. The van der Waals surface area contributed by atoms with Crippen molar-refractivity contribution >= 4 is 38.9 Å². The maximum atomic E-state index is 14.2. The van der Waals surface area contributed by atoms with E-state index in [-0.39, 0.29) is 0 Å². The highest BCUT2D eigenvalue weighted by atomic mass is 19.4. The number of alkyl halides is 24. The molecule has 6 aromatic carbocycles. The summed E-state index contributed by atoms with van der Waals surface area (Å²) in [4.78, 5) is 0. The Morgan fingerprint density at radius 2 is 0.625 bits per heavy atom. The van der Waals surface area contributed by atoms with Gasteiger partial charge in [-0.1, -0.05) is 104 Å². The van der Waals surface area contributed by atoms with E-state index >= 15 is 0 Å². The summed E-state index contributed by atoms with van der Waals surface area (Å²) in [5.74, 6) is 0.794. The van der Waals surface area contributed by atoms with Crippen molar-refractivity contribution < 1.29 is 110 Å². The van der Waals surface area contributed by atoms with E-state index in [0.29, 0.717) is 0 Å². The van der Waals surface area contributed by atoms with Crippen LogP contribution in [0.25, 0.3) is 10.9 Å². The number of fused-ring (bicyclic) bond motifs is 1. The molecule has 0 spiro atoms. The first-order chi connectivity index (χ1) is 36.7. The Kier molecular flexibility index (Phi) is 16.4. The van der Waals surface area contributed by atoms with Gasteiger partial charge in [0.2, 0.25) is 5.52 Å². The third kappa shape index (κ3) is 13.6. The summed E-state index contributed by atoms with van der Waals surface area (Å²) in [6.07, 6.45) is -45.7. The average molecular weight is 1170 g/mol. The topological polar surface area (TPSA) is 3.88 Å². The van der Waals surface area contributed by atoms with Crippen LogP contribution in [0.5, 0.6) is 0 Å². The number of halogens is 24. The van der Waals surface area contributed by atoms with Crippen LogP contribution in [-0.2, 0) is 56.0 Å². The van der Waals surface area contributed by atoms with Crippen molar-refractivity contribution in [1.82, 2.24) is 0 Å². The summed E-state index contributed by atoms with van der Waals surface area (Å²) in [6, 6.07) is 13.5. The molecule has 428 valence electrons. The van der Waals surface area contributed by atoms with Gasteiger partial charge in [0.15, 0.2) is 12.7 Å². The number of para-hydroxylation sites is 1. The Morgan fingerprint density at radius 3 is 0.925 bits per heavy atom. The number of pyridine rings is 1. The Bertz CT molecular complexity index is 2890. The minimum absolute atomic E-state index is 0.691. The molecule has 1 saturated carbocycles. The lowest BCUT2D eigenvalue weighted by atomic mass is 9.12.